The number of halogens is 1. The van der Waals surface area contributed by atoms with Gasteiger partial charge in [0.25, 0.3) is 0 Å². The summed E-state index contributed by atoms with van der Waals surface area (Å²) in [5.41, 5.74) is 0. The van der Waals surface area contributed by atoms with Crippen molar-refractivity contribution in [1.29, 1.82) is 0 Å². The van der Waals surface area contributed by atoms with Gasteiger partial charge in [0.05, 0.1) is 23.4 Å². The van der Waals surface area contributed by atoms with E-state index in [0.29, 0.717) is 6.04 Å². The topological polar surface area (TPSA) is 34.4 Å². The summed E-state index contributed by atoms with van der Waals surface area (Å²) in [7, 11) is 1.75. The van der Waals surface area contributed by atoms with E-state index < -0.39 is 0 Å². The average molecular weight is 288 g/mol. The molecule has 0 aliphatic heterocycles. The van der Waals surface area contributed by atoms with Crippen molar-refractivity contribution < 1.29 is 9.15 Å². The summed E-state index contributed by atoms with van der Waals surface area (Å²) in [6.07, 6.45) is 4.33. The van der Waals surface area contributed by atoms with Gasteiger partial charge in [0.2, 0.25) is 0 Å². The van der Waals surface area contributed by atoms with Gasteiger partial charge in [-0.15, -0.1) is 0 Å². The molecule has 2 rings (SSSR count). The van der Waals surface area contributed by atoms with Crippen molar-refractivity contribution in [2.75, 3.05) is 13.7 Å². The SMILES string of the molecule is COCC(NC(C)c1occc1Br)C1CC1. The first kappa shape index (κ1) is 12.1. The average Bonchev–Trinajstić information content (AvgIpc) is 3.00. The molecule has 90 valence electrons. The third-order valence-corrected chi connectivity index (χ3v) is 3.69. The number of hydrogen-bond acceptors (Lipinski definition) is 3. The maximum Gasteiger partial charge on any atom is 0.134 e. The highest BCUT2D eigenvalue weighted by atomic mass is 79.9. The molecule has 0 spiro atoms. The van der Waals surface area contributed by atoms with Crippen molar-refractivity contribution in [2.45, 2.75) is 31.8 Å². The third kappa shape index (κ3) is 2.87. The zero-order valence-corrected chi connectivity index (χ0v) is 11.3. The van der Waals surface area contributed by atoms with Gasteiger partial charge in [0.1, 0.15) is 5.76 Å². The minimum absolute atomic E-state index is 0.213. The monoisotopic (exact) mass is 287 g/mol. The molecule has 1 aliphatic rings. The summed E-state index contributed by atoms with van der Waals surface area (Å²) in [4.78, 5) is 0. The lowest BCUT2D eigenvalue weighted by Gasteiger charge is -2.21. The molecule has 16 heavy (non-hydrogen) atoms. The second-order valence-corrected chi connectivity index (χ2v) is 5.27. The zero-order chi connectivity index (χ0) is 11.5. The van der Waals surface area contributed by atoms with Gasteiger partial charge in [0.15, 0.2) is 0 Å². The molecule has 0 amide bonds. The smallest absolute Gasteiger partial charge is 0.134 e. The summed E-state index contributed by atoms with van der Waals surface area (Å²) in [5, 5.41) is 3.57. The van der Waals surface area contributed by atoms with Crippen molar-refractivity contribution in [1.82, 2.24) is 5.32 Å². The van der Waals surface area contributed by atoms with Crippen LogP contribution in [-0.4, -0.2) is 19.8 Å². The van der Waals surface area contributed by atoms with Crippen molar-refractivity contribution in [2.24, 2.45) is 5.92 Å². The fourth-order valence-electron chi connectivity index (χ4n) is 2.01. The second-order valence-electron chi connectivity index (χ2n) is 4.42. The maximum absolute atomic E-state index is 5.46. The van der Waals surface area contributed by atoms with Crippen LogP contribution in [0.5, 0.6) is 0 Å². The Morgan fingerprint density at radius 2 is 2.38 bits per heavy atom. The highest BCUT2D eigenvalue weighted by Gasteiger charge is 2.32. The Bertz CT molecular complexity index is 336. The van der Waals surface area contributed by atoms with Crippen LogP contribution in [0.1, 0.15) is 31.6 Å². The summed E-state index contributed by atoms with van der Waals surface area (Å²) < 4.78 is 11.7. The maximum atomic E-state index is 5.46. The molecule has 2 unspecified atom stereocenters. The quantitative estimate of drug-likeness (QED) is 0.873. The second kappa shape index (κ2) is 5.34. The van der Waals surface area contributed by atoms with Gasteiger partial charge in [-0.2, -0.15) is 0 Å². The number of rotatable bonds is 6. The summed E-state index contributed by atoms with van der Waals surface area (Å²) in [6.45, 7) is 2.89. The molecular weight excluding hydrogens is 270 g/mol. The first-order chi connectivity index (χ1) is 7.72. The molecular formula is C12H18BrNO2. The van der Waals surface area contributed by atoms with Crippen molar-refractivity contribution in [3.8, 4) is 0 Å². The van der Waals surface area contributed by atoms with Crippen molar-refractivity contribution in [3.63, 3.8) is 0 Å². The zero-order valence-electron chi connectivity index (χ0n) is 9.70. The van der Waals surface area contributed by atoms with Gasteiger partial charge in [0, 0.05) is 13.2 Å². The Morgan fingerprint density at radius 1 is 1.62 bits per heavy atom. The van der Waals surface area contributed by atoms with E-state index in [9.17, 15) is 0 Å². The molecule has 0 aromatic carbocycles. The lowest BCUT2D eigenvalue weighted by molar-refractivity contribution is 0.150. The van der Waals surface area contributed by atoms with Crippen LogP contribution in [-0.2, 0) is 4.74 Å². The van der Waals surface area contributed by atoms with Crippen LogP contribution < -0.4 is 5.32 Å². The van der Waals surface area contributed by atoms with Crippen LogP contribution in [0.15, 0.2) is 21.2 Å². The van der Waals surface area contributed by atoms with Crippen LogP contribution in [0.2, 0.25) is 0 Å². The van der Waals surface area contributed by atoms with E-state index >= 15 is 0 Å². The van der Waals surface area contributed by atoms with Gasteiger partial charge in [-0.25, -0.2) is 0 Å². The van der Waals surface area contributed by atoms with Crippen molar-refractivity contribution in [3.05, 3.63) is 22.6 Å². The predicted molar refractivity (Wildman–Crippen MR) is 66.3 cm³/mol. The first-order valence-electron chi connectivity index (χ1n) is 5.70. The highest BCUT2D eigenvalue weighted by Crippen LogP contribution is 2.34. The number of hydrogen-bond donors (Lipinski definition) is 1. The van der Waals surface area contributed by atoms with Gasteiger partial charge >= 0.3 is 0 Å². The van der Waals surface area contributed by atoms with Gasteiger partial charge in [-0.3, -0.25) is 0 Å². The molecule has 1 aromatic heterocycles. The number of nitrogens with one attached hydrogen (secondary N) is 1. The molecule has 1 heterocycles. The number of furan rings is 1. The van der Waals surface area contributed by atoms with E-state index in [-0.39, 0.29) is 6.04 Å². The van der Waals surface area contributed by atoms with E-state index in [0.717, 1.165) is 22.8 Å². The van der Waals surface area contributed by atoms with Gasteiger partial charge in [-0.05, 0) is 47.7 Å². The molecule has 1 aromatic rings. The molecule has 1 N–H and O–H groups in total. The summed E-state index contributed by atoms with van der Waals surface area (Å²) in [6, 6.07) is 2.58. The molecule has 1 saturated carbocycles. The van der Waals surface area contributed by atoms with E-state index in [1.54, 1.807) is 13.4 Å². The molecule has 1 aliphatic carbocycles. The van der Waals surface area contributed by atoms with E-state index in [1.807, 2.05) is 6.07 Å². The Hall–Kier alpha value is -0.320. The van der Waals surface area contributed by atoms with Crippen molar-refractivity contribution >= 4 is 15.9 Å². The Morgan fingerprint density at radius 3 is 2.88 bits per heavy atom. The Balaban J connectivity index is 1.94. The van der Waals surface area contributed by atoms with E-state index in [4.69, 9.17) is 9.15 Å². The van der Waals surface area contributed by atoms with Crippen LogP contribution in [0.25, 0.3) is 0 Å². The molecule has 1 fully saturated rings. The minimum Gasteiger partial charge on any atom is -0.466 e. The first-order valence-corrected chi connectivity index (χ1v) is 6.49. The molecule has 3 nitrogen and oxygen atoms in total. The van der Waals surface area contributed by atoms with Crippen LogP contribution >= 0.6 is 15.9 Å². The van der Waals surface area contributed by atoms with E-state index in [1.165, 1.54) is 12.8 Å². The molecule has 2 atom stereocenters. The minimum atomic E-state index is 0.213. The van der Waals surface area contributed by atoms with Crippen LogP contribution in [0.4, 0.5) is 0 Å². The fourth-order valence-corrected chi connectivity index (χ4v) is 2.55. The molecule has 0 bridgehead atoms. The normalized spacial score (nSPS) is 19.7. The predicted octanol–water partition coefficient (Wildman–Crippen LogP) is 3.12. The van der Waals surface area contributed by atoms with Crippen LogP contribution in [0.3, 0.4) is 0 Å². The molecule has 0 saturated heterocycles. The van der Waals surface area contributed by atoms with Crippen LogP contribution in [0, 0.1) is 5.92 Å². The summed E-state index contributed by atoms with van der Waals surface area (Å²) >= 11 is 3.48. The third-order valence-electron chi connectivity index (χ3n) is 3.04. The fraction of sp³-hybridized carbons (Fsp3) is 0.667. The molecule has 4 heteroatoms. The largest absolute Gasteiger partial charge is 0.466 e. The molecule has 0 radical (unpaired) electrons. The standard InChI is InChI=1S/C12H18BrNO2/c1-8(12-10(13)5-6-16-12)14-11(7-15-2)9-3-4-9/h5-6,8-9,11,14H,3-4,7H2,1-2H3. The highest BCUT2D eigenvalue weighted by molar-refractivity contribution is 9.10. The lowest BCUT2D eigenvalue weighted by Crippen LogP contribution is -2.36. The van der Waals surface area contributed by atoms with E-state index in [2.05, 4.69) is 28.2 Å². The van der Waals surface area contributed by atoms with Gasteiger partial charge in [-0.1, -0.05) is 0 Å². The lowest BCUT2D eigenvalue weighted by atomic mass is 10.1. The Kier molecular flexibility index (Phi) is 4.05. The summed E-state index contributed by atoms with van der Waals surface area (Å²) in [5.74, 6) is 1.73. The number of ether oxygens (including phenoxy) is 1. The number of methoxy groups -OCH3 is 1. The Labute approximate surface area is 105 Å². The van der Waals surface area contributed by atoms with Gasteiger partial charge < -0.3 is 14.5 Å².